The zero-order valence-electron chi connectivity index (χ0n) is 7.00. The van der Waals surface area contributed by atoms with E-state index >= 15 is 0 Å². The van der Waals surface area contributed by atoms with Crippen molar-refractivity contribution in [1.82, 2.24) is 5.16 Å². The minimum absolute atomic E-state index is 0.113. The number of hydrogen-bond acceptors (Lipinski definition) is 3. The van der Waals surface area contributed by atoms with Gasteiger partial charge in [0, 0.05) is 0 Å². The lowest BCUT2D eigenvalue weighted by molar-refractivity contribution is 0.419. The second kappa shape index (κ2) is 2.27. The molecule has 0 atom stereocenters. The molecule has 0 unspecified atom stereocenters. The summed E-state index contributed by atoms with van der Waals surface area (Å²) in [6, 6.07) is 5.33. The second-order valence-electron chi connectivity index (χ2n) is 2.13. The predicted octanol–water partition coefficient (Wildman–Crippen LogP) is 1.84. The Kier molecular flexibility index (Phi) is 1.07. The summed E-state index contributed by atoms with van der Waals surface area (Å²) in [5, 5.41) is 4.14. The van der Waals surface area contributed by atoms with Gasteiger partial charge in [-0.3, -0.25) is 0 Å². The van der Waals surface area contributed by atoms with Crippen LogP contribution in [0.5, 0.6) is 5.75 Å². The van der Waals surface area contributed by atoms with Gasteiger partial charge in [-0.1, -0.05) is 11.2 Å². The molecule has 0 bridgehead atoms. The Balaban J connectivity index is 2.84. The van der Waals surface area contributed by atoms with Gasteiger partial charge in [0.25, 0.3) is 0 Å². The van der Waals surface area contributed by atoms with Crippen LogP contribution in [0.1, 0.15) is 1.37 Å². The Labute approximate surface area is 65.0 Å². The number of fused-ring (bicyclic) bond motifs is 1. The maximum absolute atomic E-state index is 7.40. The molecule has 0 amide bonds. The molecular formula is C8H7NO2. The van der Waals surface area contributed by atoms with Gasteiger partial charge in [-0.05, 0) is 12.1 Å². The van der Waals surface area contributed by atoms with Crippen LogP contribution < -0.4 is 4.74 Å². The van der Waals surface area contributed by atoms with Gasteiger partial charge in [0.2, 0.25) is 0 Å². The summed E-state index contributed by atoms with van der Waals surface area (Å²) in [5.74, 6) is 0.624. The van der Waals surface area contributed by atoms with E-state index in [0.717, 1.165) is 0 Å². The van der Waals surface area contributed by atoms with Crippen LogP contribution in [-0.2, 0) is 0 Å². The van der Waals surface area contributed by atoms with Crippen molar-refractivity contribution in [3.63, 3.8) is 0 Å². The van der Waals surface area contributed by atoms with Gasteiger partial charge in [-0.2, -0.15) is 0 Å². The molecule has 2 rings (SSSR count). The second-order valence-corrected chi connectivity index (χ2v) is 2.13. The first-order valence-corrected chi connectivity index (χ1v) is 3.22. The normalized spacial score (nSPS) is 11.5. The molecule has 1 aromatic heterocycles. The third kappa shape index (κ3) is 0.852. The van der Waals surface area contributed by atoms with Crippen LogP contribution in [-0.4, -0.2) is 12.3 Å². The van der Waals surface area contributed by atoms with Gasteiger partial charge in [0.05, 0.1) is 20.0 Å². The molecule has 0 aliphatic heterocycles. The molecule has 0 aliphatic rings. The largest absolute Gasteiger partial charge is 0.496 e. The van der Waals surface area contributed by atoms with Gasteiger partial charge in [-0.15, -0.1) is 0 Å². The maximum Gasteiger partial charge on any atom is 0.170 e. The number of nitrogens with zero attached hydrogens (tertiary/aromatic N) is 1. The van der Waals surface area contributed by atoms with Crippen LogP contribution in [0, 0.1) is 0 Å². The van der Waals surface area contributed by atoms with Gasteiger partial charge < -0.3 is 9.26 Å². The lowest BCUT2D eigenvalue weighted by atomic mass is 10.2. The molecule has 0 saturated heterocycles. The minimum Gasteiger partial charge on any atom is -0.496 e. The highest BCUT2D eigenvalue weighted by atomic mass is 16.5. The monoisotopic (exact) mass is 150 g/mol. The summed E-state index contributed by atoms with van der Waals surface area (Å²) < 4.78 is 17.3. The molecule has 0 aliphatic carbocycles. The van der Waals surface area contributed by atoms with Crippen molar-refractivity contribution in [1.29, 1.82) is 0 Å². The number of rotatable bonds is 1. The Morgan fingerprint density at radius 2 is 2.55 bits per heavy atom. The van der Waals surface area contributed by atoms with Crippen LogP contribution in [0.15, 0.2) is 28.9 Å². The molecule has 3 nitrogen and oxygen atoms in total. The van der Waals surface area contributed by atoms with E-state index in [4.69, 9.17) is 10.6 Å². The first kappa shape index (κ1) is 5.18. The summed E-state index contributed by atoms with van der Waals surface area (Å²) in [4.78, 5) is 0. The van der Waals surface area contributed by atoms with Crippen LogP contribution >= 0.6 is 0 Å². The van der Waals surface area contributed by atoms with Crippen LogP contribution in [0.4, 0.5) is 0 Å². The fourth-order valence-corrected chi connectivity index (χ4v) is 0.985. The predicted molar refractivity (Wildman–Crippen MR) is 40.6 cm³/mol. The van der Waals surface area contributed by atoms with E-state index in [0.29, 0.717) is 16.7 Å². The molecule has 3 heteroatoms. The average Bonchev–Trinajstić information content (AvgIpc) is 2.48. The Morgan fingerprint density at radius 1 is 1.64 bits per heavy atom. The zero-order valence-corrected chi connectivity index (χ0v) is 6.00. The Bertz CT molecular complexity index is 410. The first-order chi connectivity index (χ1) is 5.83. The first-order valence-electron chi connectivity index (χ1n) is 3.72. The van der Waals surface area contributed by atoms with Gasteiger partial charge in [-0.25, -0.2) is 0 Å². The van der Waals surface area contributed by atoms with E-state index in [2.05, 4.69) is 5.16 Å². The topological polar surface area (TPSA) is 35.3 Å². The zero-order chi connectivity index (χ0) is 8.55. The average molecular weight is 150 g/mol. The molecule has 1 heterocycles. The van der Waals surface area contributed by atoms with Crippen molar-refractivity contribution in [3.05, 3.63) is 24.4 Å². The van der Waals surface area contributed by atoms with Crippen molar-refractivity contribution in [2.45, 2.75) is 0 Å². The molecule has 0 saturated carbocycles. The number of aromatic nitrogens is 1. The highest BCUT2D eigenvalue weighted by Crippen LogP contribution is 2.23. The molecule has 11 heavy (non-hydrogen) atoms. The smallest absolute Gasteiger partial charge is 0.170 e. The standard InChI is InChI=1S/C8H7NO2/c1-10-7-3-2-4-8-6(7)5-9-11-8/h2-5H,1H3/i5D. The third-order valence-corrected chi connectivity index (χ3v) is 1.51. The van der Waals surface area contributed by atoms with Crippen LogP contribution in [0.2, 0.25) is 0 Å². The summed E-state index contributed by atoms with van der Waals surface area (Å²) in [6.07, 6.45) is 0.113. The third-order valence-electron chi connectivity index (χ3n) is 1.51. The van der Waals surface area contributed by atoms with Crippen molar-refractivity contribution in [3.8, 4) is 5.75 Å². The number of methoxy groups -OCH3 is 1. The van der Waals surface area contributed by atoms with E-state index < -0.39 is 0 Å². The summed E-state index contributed by atoms with van der Waals surface area (Å²) in [7, 11) is 1.56. The van der Waals surface area contributed by atoms with E-state index in [-0.39, 0.29) is 6.17 Å². The highest BCUT2D eigenvalue weighted by molar-refractivity contribution is 5.82. The maximum atomic E-state index is 7.40. The molecule has 56 valence electrons. The van der Waals surface area contributed by atoms with Crippen LogP contribution in [0.25, 0.3) is 11.0 Å². The van der Waals surface area contributed by atoms with Gasteiger partial charge in [0.1, 0.15) is 5.75 Å². The van der Waals surface area contributed by atoms with Gasteiger partial charge in [0.15, 0.2) is 5.58 Å². The lowest BCUT2D eigenvalue weighted by Crippen LogP contribution is -1.81. The van der Waals surface area contributed by atoms with E-state index in [1.54, 1.807) is 25.3 Å². The van der Waals surface area contributed by atoms with Crippen molar-refractivity contribution in [2.75, 3.05) is 7.11 Å². The van der Waals surface area contributed by atoms with Gasteiger partial charge >= 0.3 is 0 Å². The number of ether oxygens (including phenoxy) is 1. The van der Waals surface area contributed by atoms with Crippen molar-refractivity contribution >= 4 is 11.0 Å². The quantitative estimate of drug-likeness (QED) is 0.622. The fraction of sp³-hybridized carbons (Fsp3) is 0.125. The molecule has 0 fully saturated rings. The SMILES string of the molecule is [2H]c1noc2cccc(OC)c12. The molecule has 2 aromatic rings. The lowest BCUT2D eigenvalue weighted by Gasteiger charge is -1.97. The van der Waals surface area contributed by atoms with Crippen molar-refractivity contribution in [2.24, 2.45) is 0 Å². The molecule has 0 N–H and O–H groups in total. The molecule has 1 aromatic carbocycles. The molecule has 0 radical (unpaired) electrons. The Morgan fingerprint density at radius 3 is 3.36 bits per heavy atom. The van der Waals surface area contributed by atoms with Crippen molar-refractivity contribution < 1.29 is 10.6 Å². The minimum atomic E-state index is 0.113. The number of hydrogen-bond donors (Lipinski definition) is 0. The molecular weight excluding hydrogens is 142 g/mol. The number of benzene rings is 1. The van der Waals surface area contributed by atoms with E-state index in [1.807, 2.05) is 0 Å². The van der Waals surface area contributed by atoms with Crippen LogP contribution in [0.3, 0.4) is 0 Å². The van der Waals surface area contributed by atoms with E-state index in [1.165, 1.54) is 0 Å². The summed E-state index contributed by atoms with van der Waals surface area (Å²) in [5.41, 5.74) is 0.583. The highest BCUT2D eigenvalue weighted by Gasteiger charge is 2.02. The molecule has 0 spiro atoms. The van der Waals surface area contributed by atoms with E-state index in [9.17, 15) is 0 Å². The Hall–Kier alpha value is -1.51. The summed E-state index contributed by atoms with van der Waals surface area (Å²) in [6.45, 7) is 0. The fourth-order valence-electron chi connectivity index (χ4n) is 0.985. The summed E-state index contributed by atoms with van der Waals surface area (Å²) >= 11 is 0.